The maximum Gasteiger partial charge on any atom is 0.199 e. The average Bonchev–Trinajstić information content (AvgIpc) is 3.32. The van der Waals surface area contributed by atoms with Crippen LogP contribution in [0.3, 0.4) is 0 Å². The third-order valence-corrected chi connectivity index (χ3v) is 5.49. The molecule has 3 aromatic rings. The largest absolute Gasteiger partial charge is 0.493 e. The molecule has 2 aromatic carbocycles. The Kier molecular flexibility index (Phi) is 5.77. The molecular weight excluding hydrogens is 374 g/mol. The predicted octanol–water partition coefficient (Wildman–Crippen LogP) is 6.35. The summed E-state index contributed by atoms with van der Waals surface area (Å²) in [7, 11) is 1.68. The number of ether oxygens (including phenoxy) is 2. The standard InChI is InChI=1S/C23H26ClNO3/c1-3-6-16-13-17(24)14-19-23(16)28-22(25-19)12-15-9-10-20(26-2)21(11-15)27-18-7-4-5-8-18/h9-11,13-14,18H,3-8,12H2,1-2H3. The average molecular weight is 400 g/mol. The zero-order chi connectivity index (χ0) is 19.5. The predicted molar refractivity (Wildman–Crippen MR) is 112 cm³/mol. The van der Waals surface area contributed by atoms with Crippen LogP contribution in [0.2, 0.25) is 5.02 Å². The summed E-state index contributed by atoms with van der Waals surface area (Å²) in [5, 5.41) is 0.701. The first kappa shape index (κ1) is 19.1. The molecular formula is C23H26ClNO3. The highest BCUT2D eigenvalue weighted by atomic mass is 35.5. The summed E-state index contributed by atoms with van der Waals surface area (Å²) in [6.07, 6.45) is 7.53. The van der Waals surface area contributed by atoms with Crippen molar-refractivity contribution in [2.24, 2.45) is 0 Å². The van der Waals surface area contributed by atoms with Crippen LogP contribution < -0.4 is 9.47 Å². The number of nitrogens with zero attached hydrogens (tertiary/aromatic N) is 1. The number of aromatic nitrogens is 1. The minimum Gasteiger partial charge on any atom is -0.493 e. The molecule has 0 spiro atoms. The summed E-state index contributed by atoms with van der Waals surface area (Å²) in [4.78, 5) is 4.66. The van der Waals surface area contributed by atoms with Crippen LogP contribution in [-0.4, -0.2) is 18.2 Å². The second-order valence-electron chi connectivity index (χ2n) is 7.46. The smallest absolute Gasteiger partial charge is 0.199 e. The van der Waals surface area contributed by atoms with Crippen LogP contribution >= 0.6 is 11.6 Å². The van der Waals surface area contributed by atoms with E-state index in [0.29, 0.717) is 17.3 Å². The zero-order valence-electron chi connectivity index (χ0n) is 16.5. The Morgan fingerprint density at radius 2 is 1.96 bits per heavy atom. The van der Waals surface area contributed by atoms with Gasteiger partial charge in [0, 0.05) is 11.4 Å². The highest BCUT2D eigenvalue weighted by Crippen LogP contribution is 2.33. The fraction of sp³-hybridized carbons (Fsp3) is 0.435. The molecule has 1 aliphatic carbocycles. The van der Waals surface area contributed by atoms with Crippen LogP contribution in [0.4, 0.5) is 0 Å². The molecule has 1 saturated carbocycles. The summed E-state index contributed by atoms with van der Waals surface area (Å²) in [5.41, 5.74) is 3.87. The van der Waals surface area contributed by atoms with Crippen LogP contribution in [0.15, 0.2) is 34.7 Å². The Balaban J connectivity index is 1.60. The number of hydrogen-bond acceptors (Lipinski definition) is 4. The Hall–Kier alpha value is -2.20. The van der Waals surface area contributed by atoms with Crippen molar-refractivity contribution < 1.29 is 13.9 Å². The fourth-order valence-corrected chi connectivity index (χ4v) is 4.16. The van der Waals surface area contributed by atoms with Crippen molar-refractivity contribution >= 4 is 22.7 Å². The van der Waals surface area contributed by atoms with E-state index < -0.39 is 0 Å². The van der Waals surface area contributed by atoms with Gasteiger partial charge < -0.3 is 13.9 Å². The third-order valence-electron chi connectivity index (χ3n) is 5.27. The molecule has 1 heterocycles. The molecule has 0 atom stereocenters. The van der Waals surface area contributed by atoms with Gasteiger partial charge in [-0.15, -0.1) is 0 Å². The fourth-order valence-electron chi connectivity index (χ4n) is 3.92. The number of oxazole rings is 1. The van der Waals surface area contributed by atoms with E-state index in [1.165, 1.54) is 12.8 Å². The molecule has 0 N–H and O–H groups in total. The van der Waals surface area contributed by atoms with Gasteiger partial charge >= 0.3 is 0 Å². The van der Waals surface area contributed by atoms with Gasteiger partial charge in [0.05, 0.1) is 13.2 Å². The Morgan fingerprint density at radius 3 is 2.71 bits per heavy atom. The normalized spacial score (nSPS) is 14.7. The molecule has 0 aliphatic heterocycles. The zero-order valence-corrected chi connectivity index (χ0v) is 17.2. The van der Waals surface area contributed by atoms with Gasteiger partial charge in [-0.25, -0.2) is 4.98 Å². The molecule has 1 fully saturated rings. The SMILES string of the molecule is CCCc1cc(Cl)cc2nc(Cc3ccc(OC)c(OC4CCCC4)c3)oc12. The van der Waals surface area contributed by atoms with Gasteiger partial charge in [-0.05, 0) is 67.5 Å². The first-order valence-corrected chi connectivity index (χ1v) is 10.5. The molecule has 5 heteroatoms. The van der Waals surface area contributed by atoms with Crippen molar-refractivity contribution in [1.82, 2.24) is 4.98 Å². The first-order valence-electron chi connectivity index (χ1n) is 10.1. The van der Waals surface area contributed by atoms with Crippen LogP contribution in [0, 0.1) is 0 Å². The van der Waals surface area contributed by atoms with E-state index in [1.54, 1.807) is 7.11 Å². The highest BCUT2D eigenvalue weighted by molar-refractivity contribution is 6.31. The lowest BCUT2D eigenvalue weighted by Crippen LogP contribution is -2.11. The Labute approximate surface area is 170 Å². The van der Waals surface area contributed by atoms with Gasteiger partial charge in [-0.2, -0.15) is 0 Å². The van der Waals surface area contributed by atoms with Crippen molar-refractivity contribution in [1.29, 1.82) is 0 Å². The number of hydrogen-bond donors (Lipinski definition) is 0. The molecule has 0 saturated heterocycles. The van der Waals surface area contributed by atoms with Crippen molar-refractivity contribution in [3.63, 3.8) is 0 Å². The van der Waals surface area contributed by atoms with Crippen molar-refractivity contribution in [2.45, 2.75) is 58.0 Å². The van der Waals surface area contributed by atoms with Crippen LogP contribution in [-0.2, 0) is 12.8 Å². The third kappa shape index (κ3) is 4.12. The highest BCUT2D eigenvalue weighted by Gasteiger charge is 2.19. The van der Waals surface area contributed by atoms with E-state index in [0.717, 1.165) is 59.4 Å². The number of halogens is 1. The maximum atomic E-state index is 6.25. The van der Waals surface area contributed by atoms with Gasteiger partial charge in [-0.3, -0.25) is 0 Å². The summed E-state index contributed by atoms with van der Waals surface area (Å²) in [6.45, 7) is 2.15. The topological polar surface area (TPSA) is 44.5 Å². The molecule has 0 unspecified atom stereocenters. The van der Waals surface area contributed by atoms with E-state index in [1.807, 2.05) is 30.3 Å². The number of aryl methyl sites for hydroxylation is 1. The number of methoxy groups -OCH3 is 1. The molecule has 1 aromatic heterocycles. The van der Waals surface area contributed by atoms with Gasteiger partial charge in [0.2, 0.25) is 0 Å². The summed E-state index contributed by atoms with van der Waals surface area (Å²) in [6, 6.07) is 9.89. The molecule has 4 nitrogen and oxygen atoms in total. The maximum absolute atomic E-state index is 6.25. The van der Waals surface area contributed by atoms with Gasteiger partial charge in [0.1, 0.15) is 5.52 Å². The molecule has 1 aliphatic rings. The second-order valence-corrected chi connectivity index (χ2v) is 7.89. The summed E-state index contributed by atoms with van der Waals surface area (Å²) in [5.74, 6) is 2.26. The molecule has 0 bridgehead atoms. The van der Waals surface area contributed by atoms with Crippen LogP contribution in [0.1, 0.15) is 56.0 Å². The number of fused-ring (bicyclic) bond motifs is 1. The van der Waals surface area contributed by atoms with E-state index in [9.17, 15) is 0 Å². The molecule has 28 heavy (non-hydrogen) atoms. The van der Waals surface area contributed by atoms with Crippen molar-refractivity contribution in [3.8, 4) is 11.5 Å². The Morgan fingerprint density at radius 1 is 1.14 bits per heavy atom. The van der Waals surface area contributed by atoms with Crippen LogP contribution in [0.25, 0.3) is 11.1 Å². The lowest BCUT2D eigenvalue weighted by atomic mass is 10.1. The van der Waals surface area contributed by atoms with Gasteiger partial charge in [0.25, 0.3) is 0 Å². The van der Waals surface area contributed by atoms with Crippen molar-refractivity contribution in [3.05, 3.63) is 52.4 Å². The molecule has 0 amide bonds. The lowest BCUT2D eigenvalue weighted by Gasteiger charge is -2.16. The van der Waals surface area contributed by atoms with E-state index in [2.05, 4.69) is 11.9 Å². The minimum atomic E-state index is 0.284. The van der Waals surface area contributed by atoms with Gasteiger partial charge in [0.15, 0.2) is 23.0 Å². The summed E-state index contributed by atoms with van der Waals surface area (Å²) < 4.78 is 17.8. The van der Waals surface area contributed by atoms with E-state index in [4.69, 9.17) is 25.5 Å². The van der Waals surface area contributed by atoms with Crippen LogP contribution in [0.5, 0.6) is 11.5 Å². The molecule has 4 rings (SSSR count). The molecule has 0 radical (unpaired) electrons. The van der Waals surface area contributed by atoms with E-state index >= 15 is 0 Å². The summed E-state index contributed by atoms with van der Waals surface area (Å²) >= 11 is 6.25. The van der Waals surface area contributed by atoms with Crippen molar-refractivity contribution in [2.75, 3.05) is 7.11 Å². The first-order chi connectivity index (χ1) is 13.7. The quantitative estimate of drug-likeness (QED) is 0.464. The number of benzene rings is 2. The second kappa shape index (κ2) is 8.44. The number of rotatable bonds is 7. The molecule has 148 valence electrons. The Bertz CT molecular complexity index is 960. The van der Waals surface area contributed by atoms with E-state index in [-0.39, 0.29) is 6.10 Å². The van der Waals surface area contributed by atoms with Gasteiger partial charge in [-0.1, -0.05) is 31.0 Å². The monoisotopic (exact) mass is 399 g/mol. The lowest BCUT2D eigenvalue weighted by molar-refractivity contribution is 0.200. The minimum absolute atomic E-state index is 0.284.